The van der Waals surface area contributed by atoms with Crippen LogP contribution in [-0.2, 0) is 6.42 Å². The van der Waals surface area contributed by atoms with Crippen LogP contribution in [0.4, 0.5) is 5.69 Å². The van der Waals surface area contributed by atoms with Gasteiger partial charge in [-0.1, -0.05) is 13.8 Å². The molecule has 0 bridgehead atoms. The molecule has 0 atom stereocenters. The van der Waals surface area contributed by atoms with Gasteiger partial charge in [0.2, 0.25) is 0 Å². The van der Waals surface area contributed by atoms with E-state index in [9.17, 15) is 15.2 Å². The normalized spacial score (nSPS) is 11.3. The largest absolute Gasteiger partial charge is 0.496 e. The van der Waals surface area contributed by atoms with Gasteiger partial charge >= 0.3 is 0 Å². The third-order valence-corrected chi connectivity index (χ3v) is 2.57. The summed E-state index contributed by atoms with van der Waals surface area (Å²) in [7, 11) is 1.52. The van der Waals surface area contributed by atoms with Crippen molar-refractivity contribution < 1.29 is 14.8 Å². The summed E-state index contributed by atoms with van der Waals surface area (Å²) in [5.41, 5.74) is 0.443. The van der Waals surface area contributed by atoms with Crippen LogP contribution in [0.2, 0.25) is 0 Å². The summed E-state index contributed by atoms with van der Waals surface area (Å²) >= 11 is 0. The molecule has 94 valence electrons. The maximum atomic E-state index is 10.7. The number of non-ortho nitro benzene ring substituents is 1. The van der Waals surface area contributed by atoms with E-state index in [2.05, 4.69) is 0 Å². The second-order valence-corrected chi connectivity index (χ2v) is 4.75. The molecule has 0 spiro atoms. The lowest BCUT2D eigenvalue weighted by atomic mass is 9.86. The maximum absolute atomic E-state index is 10.7. The van der Waals surface area contributed by atoms with Crippen molar-refractivity contribution in [2.45, 2.75) is 20.3 Å². The quantitative estimate of drug-likeness (QED) is 0.631. The van der Waals surface area contributed by atoms with Gasteiger partial charge in [-0.05, 0) is 17.9 Å². The van der Waals surface area contributed by atoms with Crippen LogP contribution >= 0.6 is 0 Å². The smallest absolute Gasteiger partial charge is 0.269 e. The van der Waals surface area contributed by atoms with Gasteiger partial charge in [0.1, 0.15) is 5.75 Å². The first-order valence-corrected chi connectivity index (χ1v) is 5.32. The minimum atomic E-state index is -0.436. The molecule has 0 saturated carbocycles. The first kappa shape index (κ1) is 13.4. The Balaban J connectivity index is 3.10. The zero-order valence-electron chi connectivity index (χ0n) is 10.3. The lowest BCUT2D eigenvalue weighted by Crippen LogP contribution is -2.20. The van der Waals surface area contributed by atoms with Gasteiger partial charge < -0.3 is 9.84 Å². The molecular weight excluding hydrogens is 222 g/mol. The van der Waals surface area contributed by atoms with E-state index in [-0.39, 0.29) is 17.7 Å². The predicted octanol–water partition coefficient (Wildman–Crippen LogP) is 2.16. The fraction of sp³-hybridized carbons (Fsp3) is 0.500. The van der Waals surface area contributed by atoms with Crippen LogP contribution < -0.4 is 4.74 Å². The summed E-state index contributed by atoms with van der Waals surface area (Å²) in [4.78, 5) is 10.3. The average molecular weight is 239 g/mol. The van der Waals surface area contributed by atoms with Crippen LogP contribution in [0.25, 0.3) is 0 Å². The Labute approximate surface area is 100 Å². The Kier molecular flexibility index (Phi) is 4.07. The van der Waals surface area contributed by atoms with Crippen molar-refractivity contribution in [3.05, 3.63) is 33.9 Å². The molecule has 17 heavy (non-hydrogen) atoms. The molecule has 1 rings (SSSR count). The average Bonchev–Trinajstić information content (AvgIpc) is 2.28. The fourth-order valence-electron chi connectivity index (χ4n) is 1.59. The summed E-state index contributed by atoms with van der Waals surface area (Å²) in [5, 5.41) is 19.9. The molecule has 1 N–H and O–H groups in total. The number of nitrogens with zero attached hydrogens (tertiary/aromatic N) is 1. The van der Waals surface area contributed by atoms with E-state index in [1.807, 2.05) is 13.8 Å². The molecule has 1 aromatic rings. The van der Waals surface area contributed by atoms with Crippen molar-refractivity contribution in [1.29, 1.82) is 0 Å². The van der Waals surface area contributed by atoms with Gasteiger partial charge in [-0.2, -0.15) is 0 Å². The zero-order chi connectivity index (χ0) is 13.1. The van der Waals surface area contributed by atoms with Crippen molar-refractivity contribution >= 4 is 5.69 Å². The molecule has 0 amide bonds. The van der Waals surface area contributed by atoms with Crippen molar-refractivity contribution in [2.75, 3.05) is 13.7 Å². The Morgan fingerprint density at radius 3 is 2.59 bits per heavy atom. The van der Waals surface area contributed by atoms with E-state index >= 15 is 0 Å². The van der Waals surface area contributed by atoms with E-state index in [0.29, 0.717) is 12.2 Å². The number of benzene rings is 1. The minimum absolute atomic E-state index is 0.0127. The molecule has 5 heteroatoms. The molecule has 0 heterocycles. The van der Waals surface area contributed by atoms with Crippen molar-refractivity contribution in [3.8, 4) is 5.75 Å². The number of aliphatic hydroxyl groups is 1. The highest BCUT2D eigenvalue weighted by Gasteiger charge is 2.21. The van der Waals surface area contributed by atoms with Gasteiger partial charge in [-0.3, -0.25) is 10.1 Å². The lowest BCUT2D eigenvalue weighted by Gasteiger charge is -2.22. The van der Waals surface area contributed by atoms with Gasteiger partial charge in [0.15, 0.2) is 0 Å². The Hall–Kier alpha value is -1.62. The summed E-state index contributed by atoms with van der Waals surface area (Å²) in [5.74, 6) is 0.608. The van der Waals surface area contributed by atoms with Crippen molar-refractivity contribution in [3.63, 3.8) is 0 Å². The van der Waals surface area contributed by atoms with E-state index in [1.165, 1.54) is 19.2 Å². The highest BCUT2D eigenvalue weighted by Crippen LogP contribution is 2.30. The van der Waals surface area contributed by atoms with Crippen LogP contribution in [0, 0.1) is 15.5 Å². The Morgan fingerprint density at radius 1 is 1.47 bits per heavy atom. The van der Waals surface area contributed by atoms with Crippen molar-refractivity contribution in [2.24, 2.45) is 5.41 Å². The highest BCUT2D eigenvalue weighted by molar-refractivity contribution is 5.44. The van der Waals surface area contributed by atoms with Gasteiger partial charge in [0.25, 0.3) is 5.69 Å². The third-order valence-electron chi connectivity index (χ3n) is 2.57. The van der Waals surface area contributed by atoms with E-state index in [1.54, 1.807) is 6.07 Å². The number of rotatable bonds is 5. The van der Waals surface area contributed by atoms with E-state index in [0.717, 1.165) is 5.56 Å². The molecule has 1 aromatic carbocycles. The topological polar surface area (TPSA) is 72.6 Å². The molecule has 0 fully saturated rings. The van der Waals surface area contributed by atoms with Crippen LogP contribution in [0.3, 0.4) is 0 Å². The number of methoxy groups -OCH3 is 1. The van der Waals surface area contributed by atoms with Gasteiger partial charge in [-0.15, -0.1) is 0 Å². The lowest BCUT2D eigenvalue weighted by molar-refractivity contribution is -0.384. The first-order chi connectivity index (χ1) is 7.89. The molecule has 0 aromatic heterocycles. The number of nitro benzene ring substituents is 1. The highest BCUT2D eigenvalue weighted by atomic mass is 16.6. The SMILES string of the molecule is COc1ccc([N+](=O)[O-])cc1CC(C)(C)CO. The van der Waals surface area contributed by atoms with Crippen LogP contribution in [0.1, 0.15) is 19.4 Å². The molecule has 0 saturated heterocycles. The van der Waals surface area contributed by atoms with Crippen LogP contribution in [-0.4, -0.2) is 23.7 Å². The summed E-state index contributed by atoms with van der Waals surface area (Å²) in [6.45, 7) is 3.80. The van der Waals surface area contributed by atoms with Crippen LogP contribution in [0.15, 0.2) is 18.2 Å². The molecule has 5 nitrogen and oxygen atoms in total. The second-order valence-electron chi connectivity index (χ2n) is 4.75. The maximum Gasteiger partial charge on any atom is 0.269 e. The third kappa shape index (κ3) is 3.42. The van der Waals surface area contributed by atoms with Crippen molar-refractivity contribution in [1.82, 2.24) is 0 Å². The second kappa shape index (κ2) is 5.14. The van der Waals surface area contributed by atoms with Gasteiger partial charge in [0.05, 0.1) is 12.0 Å². The number of ether oxygens (including phenoxy) is 1. The molecule has 0 aliphatic carbocycles. The first-order valence-electron chi connectivity index (χ1n) is 5.32. The van der Waals surface area contributed by atoms with E-state index in [4.69, 9.17) is 4.74 Å². The Bertz CT molecular complexity index is 415. The fourth-order valence-corrected chi connectivity index (χ4v) is 1.59. The zero-order valence-corrected chi connectivity index (χ0v) is 10.3. The summed E-state index contributed by atoms with van der Waals surface area (Å²) in [6.07, 6.45) is 0.522. The molecule has 0 aliphatic rings. The molecular formula is C12H17NO4. The number of hydrogen-bond donors (Lipinski definition) is 1. The predicted molar refractivity (Wildman–Crippen MR) is 64.2 cm³/mol. The van der Waals surface area contributed by atoms with E-state index < -0.39 is 4.92 Å². The number of aliphatic hydroxyl groups excluding tert-OH is 1. The standard InChI is InChI=1S/C12H17NO4/c1-12(2,8-14)7-9-6-10(13(15)16)4-5-11(9)17-3/h4-6,14H,7-8H2,1-3H3. The van der Waals surface area contributed by atoms with Gasteiger partial charge in [-0.25, -0.2) is 0 Å². The molecule has 0 aliphatic heterocycles. The van der Waals surface area contributed by atoms with Gasteiger partial charge in [0, 0.05) is 24.3 Å². The summed E-state index contributed by atoms with van der Waals surface area (Å²) < 4.78 is 5.17. The van der Waals surface area contributed by atoms with Crippen LogP contribution in [0.5, 0.6) is 5.75 Å². The number of nitro groups is 1. The molecule has 0 unspecified atom stereocenters. The number of hydrogen-bond acceptors (Lipinski definition) is 4. The minimum Gasteiger partial charge on any atom is -0.496 e. The molecule has 0 radical (unpaired) electrons. The Morgan fingerprint density at radius 2 is 2.12 bits per heavy atom. The monoisotopic (exact) mass is 239 g/mol. The summed E-state index contributed by atoms with van der Waals surface area (Å²) in [6, 6.07) is 4.49.